The lowest BCUT2D eigenvalue weighted by Crippen LogP contribution is -2.17. The Kier molecular flexibility index (Phi) is 3.32. The van der Waals surface area contributed by atoms with E-state index in [1.165, 1.54) is 13.3 Å². The van der Waals surface area contributed by atoms with Crippen LogP contribution in [0.5, 0.6) is 5.75 Å². The molecule has 18 heavy (non-hydrogen) atoms. The van der Waals surface area contributed by atoms with Crippen LogP contribution in [0.15, 0.2) is 29.2 Å². The Hall–Kier alpha value is -2.30. The average molecular weight is 247 g/mol. The highest BCUT2D eigenvalue weighted by molar-refractivity contribution is 5.94. The standard InChI is InChI=1S/C13H13NO4/c1-3-18-10-6-4-5-8-11(10)14-7-9(12(8)15)13(16)17-2/h4-7H,3H2,1-2H3,(H,14,15). The molecule has 2 rings (SSSR count). The summed E-state index contributed by atoms with van der Waals surface area (Å²) < 4.78 is 9.97. The van der Waals surface area contributed by atoms with Gasteiger partial charge >= 0.3 is 5.97 Å². The van der Waals surface area contributed by atoms with Crippen LogP contribution in [-0.2, 0) is 4.74 Å². The predicted octanol–water partition coefficient (Wildman–Crippen LogP) is 1.71. The van der Waals surface area contributed by atoms with Gasteiger partial charge in [0.2, 0.25) is 5.43 Å². The fourth-order valence-corrected chi connectivity index (χ4v) is 1.76. The van der Waals surface area contributed by atoms with E-state index in [2.05, 4.69) is 9.72 Å². The summed E-state index contributed by atoms with van der Waals surface area (Å²) in [5.41, 5.74) is 0.202. The second-order valence-electron chi connectivity index (χ2n) is 3.63. The molecule has 0 unspecified atom stereocenters. The monoisotopic (exact) mass is 247 g/mol. The smallest absolute Gasteiger partial charge is 0.343 e. The average Bonchev–Trinajstić information content (AvgIpc) is 2.39. The van der Waals surface area contributed by atoms with Crippen molar-refractivity contribution in [2.45, 2.75) is 6.92 Å². The summed E-state index contributed by atoms with van der Waals surface area (Å²) in [5.74, 6) is -0.0662. The molecule has 5 nitrogen and oxygen atoms in total. The Labute approximate surface area is 103 Å². The number of esters is 1. The minimum Gasteiger partial charge on any atom is -0.492 e. The van der Waals surface area contributed by atoms with Crippen molar-refractivity contribution in [3.8, 4) is 5.75 Å². The third-order valence-corrected chi connectivity index (χ3v) is 2.58. The Morgan fingerprint density at radius 1 is 1.39 bits per heavy atom. The number of aromatic amines is 1. The molecular formula is C13H13NO4. The summed E-state index contributed by atoms with van der Waals surface area (Å²) >= 11 is 0. The van der Waals surface area contributed by atoms with Gasteiger partial charge < -0.3 is 14.5 Å². The number of hydrogen-bond donors (Lipinski definition) is 1. The minimum absolute atomic E-state index is 0.0151. The van der Waals surface area contributed by atoms with E-state index in [0.717, 1.165) is 0 Å². The number of methoxy groups -OCH3 is 1. The van der Waals surface area contributed by atoms with E-state index in [-0.39, 0.29) is 11.0 Å². The molecule has 0 atom stereocenters. The molecule has 1 aromatic carbocycles. The fraction of sp³-hybridized carbons (Fsp3) is 0.231. The largest absolute Gasteiger partial charge is 0.492 e. The molecule has 0 aliphatic heterocycles. The number of pyridine rings is 1. The van der Waals surface area contributed by atoms with Crippen molar-refractivity contribution in [3.63, 3.8) is 0 Å². The van der Waals surface area contributed by atoms with Crippen molar-refractivity contribution in [2.75, 3.05) is 13.7 Å². The Morgan fingerprint density at radius 3 is 2.83 bits per heavy atom. The predicted molar refractivity (Wildman–Crippen MR) is 67.1 cm³/mol. The second-order valence-corrected chi connectivity index (χ2v) is 3.63. The van der Waals surface area contributed by atoms with Crippen molar-refractivity contribution in [2.24, 2.45) is 0 Å². The van der Waals surface area contributed by atoms with Crippen molar-refractivity contribution in [1.29, 1.82) is 0 Å². The van der Waals surface area contributed by atoms with Crippen molar-refractivity contribution in [1.82, 2.24) is 4.98 Å². The molecule has 1 aromatic heterocycles. The first-order chi connectivity index (χ1) is 8.69. The van der Waals surface area contributed by atoms with Gasteiger partial charge in [0.25, 0.3) is 0 Å². The van der Waals surface area contributed by atoms with Crippen LogP contribution in [0.1, 0.15) is 17.3 Å². The molecule has 5 heteroatoms. The van der Waals surface area contributed by atoms with Gasteiger partial charge in [-0.15, -0.1) is 0 Å². The highest BCUT2D eigenvalue weighted by Crippen LogP contribution is 2.21. The number of benzene rings is 1. The number of nitrogens with one attached hydrogen (secondary N) is 1. The van der Waals surface area contributed by atoms with E-state index in [4.69, 9.17) is 4.74 Å². The topological polar surface area (TPSA) is 68.4 Å². The molecule has 0 amide bonds. The number of hydrogen-bond acceptors (Lipinski definition) is 4. The van der Waals surface area contributed by atoms with Gasteiger partial charge in [-0.3, -0.25) is 4.79 Å². The fourth-order valence-electron chi connectivity index (χ4n) is 1.76. The Morgan fingerprint density at radius 2 is 2.17 bits per heavy atom. The van der Waals surface area contributed by atoms with Crippen LogP contribution >= 0.6 is 0 Å². The highest BCUT2D eigenvalue weighted by Gasteiger charge is 2.14. The van der Waals surface area contributed by atoms with Crippen LogP contribution in [0.3, 0.4) is 0 Å². The summed E-state index contributed by atoms with van der Waals surface area (Å²) in [6.07, 6.45) is 1.35. The number of rotatable bonds is 3. The molecular weight excluding hydrogens is 234 g/mol. The lowest BCUT2D eigenvalue weighted by atomic mass is 10.1. The quantitative estimate of drug-likeness (QED) is 0.838. The maximum atomic E-state index is 12.1. The van der Waals surface area contributed by atoms with E-state index < -0.39 is 5.97 Å². The zero-order valence-corrected chi connectivity index (χ0v) is 10.1. The van der Waals surface area contributed by atoms with Crippen LogP contribution in [0.25, 0.3) is 10.9 Å². The molecule has 1 heterocycles. The lowest BCUT2D eigenvalue weighted by Gasteiger charge is -2.07. The number of aromatic nitrogens is 1. The summed E-state index contributed by atoms with van der Waals surface area (Å²) in [6, 6.07) is 5.12. The van der Waals surface area contributed by atoms with Crippen LogP contribution in [0, 0.1) is 0 Å². The summed E-state index contributed by atoms with van der Waals surface area (Å²) in [4.78, 5) is 26.4. The number of fused-ring (bicyclic) bond motifs is 1. The molecule has 0 saturated carbocycles. The maximum Gasteiger partial charge on any atom is 0.343 e. The molecule has 0 spiro atoms. The van der Waals surface area contributed by atoms with E-state index in [9.17, 15) is 9.59 Å². The number of ether oxygens (including phenoxy) is 2. The third-order valence-electron chi connectivity index (χ3n) is 2.58. The Bertz CT molecular complexity index is 645. The van der Waals surface area contributed by atoms with E-state index in [1.807, 2.05) is 6.92 Å². The molecule has 0 saturated heterocycles. The molecule has 0 bridgehead atoms. The highest BCUT2D eigenvalue weighted by atomic mass is 16.5. The van der Waals surface area contributed by atoms with Gasteiger partial charge in [0.1, 0.15) is 11.3 Å². The van der Waals surface area contributed by atoms with Crippen molar-refractivity contribution in [3.05, 3.63) is 40.2 Å². The van der Waals surface area contributed by atoms with Crippen LogP contribution < -0.4 is 10.2 Å². The van der Waals surface area contributed by atoms with E-state index in [0.29, 0.717) is 23.3 Å². The molecule has 94 valence electrons. The van der Waals surface area contributed by atoms with Crippen LogP contribution in [-0.4, -0.2) is 24.7 Å². The zero-order valence-electron chi connectivity index (χ0n) is 10.1. The summed E-state index contributed by atoms with van der Waals surface area (Å²) in [7, 11) is 1.24. The molecule has 0 aliphatic carbocycles. The lowest BCUT2D eigenvalue weighted by molar-refractivity contribution is 0.0599. The normalized spacial score (nSPS) is 10.3. The number of para-hydroxylation sites is 1. The first-order valence-electron chi connectivity index (χ1n) is 5.54. The number of H-pyrrole nitrogens is 1. The van der Waals surface area contributed by atoms with Crippen molar-refractivity contribution >= 4 is 16.9 Å². The minimum atomic E-state index is -0.653. The molecule has 1 N–H and O–H groups in total. The van der Waals surface area contributed by atoms with Gasteiger partial charge in [-0.1, -0.05) is 6.07 Å². The molecule has 0 fully saturated rings. The van der Waals surface area contributed by atoms with Crippen LogP contribution in [0.2, 0.25) is 0 Å². The molecule has 0 aliphatic rings. The van der Waals surface area contributed by atoms with Gasteiger partial charge in [-0.2, -0.15) is 0 Å². The zero-order chi connectivity index (χ0) is 13.1. The number of carbonyl (C=O) groups is 1. The van der Waals surface area contributed by atoms with Gasteiger partial charge in [0.05, 0.1) is 24.6 Å². The van der Waals surface area contributed by atoms with Gasteiger partial charge in [0.15, 0.2) is 0 Å². The first kappa shape index (κ1) is 12.2. The van der Waals surface area contributed by atoms with E-state index >= 15 is 0 Å². The second kappa shape index (κ2) is 4.91. The van der Waals surface area contributed by atoms with Gasteiger partial charge in [0, 0.05) is 6.20 Å². The van der Waals surface area contributed by atoms with E-state index in [1.54, 1.807) is 18.2 Å². The number of carbonyl (C=O) groups excluding carboxylic acids is 1. The molecule has 0 radical (unpaired) electrons. The third kappa shape index (κ3) is 1.95. The summed E-state index contributed by atoms with van der Waals surface area (Å²) in [6.45, 7) is 2.36. The van der Waals surface area contributed by atoms with Crippen LogP contribution in [0.4, 0.5) is 0 Å². The molecule has 2 aromatic rings. The SMILES string of the molecule is CCOc1cccc2c(=O)c(C(=O)OC)c[nH]c12. The maximum absolute atomic E-state index is 12.1. The Balaban J connectivity index is 2.69. The first-order valence-corrected chi connectivity index (χ1v) is 5.54. The van der Waals surface area contributed by atoms with Gasteiger partial charge in [-0.05, 0) is 19.1 Å². The van der Waals surface area contributed by atoms with Gasteiger partial charge in [-0.25, -0.2) is 4.79 Å². The summed E-state index contributed by atoms with van der Waals surface area (Å²) in [5, 5.41) is 0.406. The van der Waals surface area contributed by atoms with Crippen molar-refractivity contribution < 1.29 is 14.3 Å².